The third-order valence-electron chi connectivity index (χ3n) is 5.27. The lowest BCUT2D eigenvalue weighted by Gasteiger charge is -2.42. The smallest absolute Gasteiger partial charge is 0.305 e. The maximum atomic E-state index is 11.7. The summed E-state index contributed by atoms with van der Waals surface area (Å²) in [5.41, 5.74) is 0. The number of hydrogen-bond acceptors (Lipinski definition) is 10. The zero-order chi connectivity index (χ0) is 21.2. The van der Waals surface area contributed by atoms with Crippen LogP contribution in [0.15, 0.2) is 0 Å². The summed E-state index contributed by atoms with van der Waals surface area (Å²) in [6.07, 6.45) is -2.06. The molecule has 1 N–H and O–H groups in total. The van der Waals surface area contributed by atoms with Crippen LogP contribution in [0.2, 0.25) is 0 Å². The van der Waals surface area contributed by atoms with Crippen LogP contribution < -0.4 is 0 Å². The fourth-order valence-corrected chi connectivity index (χ4v) is 4.14. The summed E-state index contributed by atoms with van der Waals surface area (Å²) in [6.45, 7) is 3.32. The van der Waals surface area contributed by atoms with Crippen molar-refractivity contribution in [3.05, 3.63) is 0 Å². The fraction of sp³-hybridized carbons (Fsp3) is 0.842. The molecule has 3 rings (SSSR count). The van der Waals surface area contributed by atoms with Crippen molar-refractivity contribution in [2.24, 2.45) is 0 Å². The Bertz CT molecular complexity index is 628. The number of aliphatic hydroxyl groups excluding tert-OH is 1. The van der Waals surface area contributed by atoms with Crippen LogP contribution in [0.3, 0.4) is 0 Å². The normalized spacial score (nSPS) is 34.1. The zero-order valence-electron chi connectivity index (χ0n) is 16.8. The molecule has 0 aromatic rings. The molecule has 1 spiro atoms. The molecule has 0 amide bonds. The Hall–Kier alpha value is -1.75. The lowest BCUT2D eigenvalue weighted by molar-refractivity contribution is -0.288. The van der Waals surface area contributed by atoms with E-state index in [1.54, 1.807) is 0 Å². The predicted octanol–water partition coefficient (Wildman–Crippen LogP) is 0.575. The second kappa shape index (κ2) is 8.95. The van der Waals surface area contributed by atoms with Crippen molar-refractivity contribution in [3.8, 4) is 0 Å². The van der Waals surface area contributed by atoms with Crippen molar-refractivity contribution in [2.75, 3.05) is 6.61 Å². The average molecular weight is 416 g/mol. The molecule has 3 unspecified atom stereocenters. The van der Waals surface area contributed by atoms with Gasteiger partial charge < -0.3 is 33.5 Å². The van der Waals surface area contributed by atoms with Crippen molar-refractivity contribution in [1.82, 2.24) is 0 Å². The molecule has 10 nitrogen and oxygen atoms in total. The third kappa shape index (κ3) is 5.06. The Kier molecular flexibility index (Phi) is 6.77. The van der Waals surface area contributed by atoms with E-state index in [1.807, 2.05) is 0 Å². The first-order valence-corrected chi connectivity index (χ1v) is 9.88. The van der Waals surface area contributed by atoms with Crippen LogP contribution in [-0.4, -0.2) is 72.2 Å². The predicted molar refractivity (Wildman–Crippen MR) is 94.2 cm³/mol. The first-order valence-electron chi connectivity index (χ1n) is 9.88. The highest BCUT2D eigenvalue weighted by Crippen LogP contribution is 2.46. The number of ether oxygens (including phenoxy) is 6. The van der Waals surface area contributed by atoms with E-state index in [1.165, 1.54) is 20.8 Å². The van der Waals surface area contributed by atoms with Gasteiger partial charge in [-0.3, -0.25) is 14.4 Å². The van der Waals surface area contributed by atoms with Gasteiger partial charge in [-0.2, -0.15) is 0 Å². The molecule has 29 heavy (non-hydrogen) atoms. The van der Waals surface area contributed by atoms with Crippen molar-refractivity contribution in [3.63, 3.8) is 0 Å². The number of fused-ring (bicyclic) bond motifs is 1. The Morgan fingerprint density at radius 2 is 1.59 bits per heavy atom. The van der Waals surface area contributed by atoms with Gasteiger partial charge in [-0.1, -0.05) is 6.42 Å². The van der Waals surface area contributed by atoms with E-state index in [0.29, 0.717) is 12.8 Å². The van der Waals surface area contributed by atoms with E-state index in [9.17, 15) is 19.5 Å². The topological polar surface area (TPSA) is 127 Å². The number of carbonyl (C=O) groups excluding carboxylic acids is 3. The van der Waals surface area contributed by atoms with Crippen LogP contribution in [0.4, 0.5) is 0 Å². The minimum Gasteiger partial charge on any atom is -0.463 e. The van der Waals surface area contributed by atoms with E-state index >= 15 is 0 Å². The lowest BCUT2D eigenvalue weighted by atomic mass is 9.94. The van der Waals surface area contributed by atoms with E-state index in [-0.39, 0.29) is 6.61 Å². The average Bonchev–Trinajstić information content (AvgIpc) is 3.00. The van der Waals surface area contributed by atoms with Gasteiger partial charge in [0, 0.05) is 33.6 Å². The van der Waals surface area contributed by atoms with Crippen molar-refractivity contribution in [2.45, 2.75) is 95.5 Å². The third-order valence-corrected chi connectivity index (χ3v) is 5.27. The summed E-state index contributed by atoms with van der Waals surface area (Å²) in [6, 6.07) is 0. The van der Waals surface area contributed by atoms with Crippen molar-refractivity contribution in [1.29, 1.82) is 0 Å². The SMILES string of the molecule is CC(=O)OC[C@@H](O)[C@@H]1O[C@@H](OC(C)=O)C(OC(C)=O)C2OC3(CCCCC3)OC21. The molecule has 2 heterocycles. The molecular formula is C19H28O10. The van der Waals surface area contributed by atoms with E-state index in [4.69, 9.17) is 28.4 Å². The summed E-state index contributed by atoms with van der Waals surface area (Å²) in [5.74, 6) is -2.68. The van der Waals surface area contributed by atoms with Gasteiger partial charge in [0.25, 0.3) is 0 Å². The molecule has 3 aliphatic rings. The molecule has 0 radical (unpaired) electrons. The van der Waals surface area contributed by atoms with Crippen LogP contribution in [0.1, 0.15) is 52.9 Å². The van der Waals surface area contributed by atoms with E-state index in [2.05, 4.69) is 0 Å². The first kappa shape index (κ1) is 21.9. The molecule has 0 aromatic heterocycles. The van der Waals surface area contributed by atoms with Crippen LogP contribution in [0.5, 0.6) is 0 Å². The maximum absolute atomic E-state index is 11.7. The fourth-order valence-electron chi connectivity index (χ4n) is 4.14. The molecule has 2 aliphatic heterocycles. The summed E-state index contributed by atoms with van der Waals surface area (Å²) in [7, 11) is 0. The highest BCUT2D eigenvalue weighted by molar-refractivity contribution is 5.67. The molecule has 0 bridgehead atoms. The Morgan fingerprint density at radius 1 is 0.966 bits per heavy atom. The monoisotopic (exact) mass is 416 g/mol. The molecule has 1 saturated carbocycles. The quantitative estimate of drug-likeness (QED) is 0.502. The number of carbonyl (C=O) groups is 3. The molecule has 2 saturated heterocycles. The van der Waals surface area contributed by atoms with Gasteiger partial charge in [-0.15, -0.1) is 0 Å². The van der Waals surface area contributed by atoms with Gasteiger partial charge in [0.2, 0.25) is 6.29 Å². The van der Waals surface area contributed by atoms with Crippen LogP contribution in [0.25, 0.3) is 0 Å². The lowest BCUT2D eigenvalue weighted by Crippen LogP contribution is -2.62. The highest BCUT2D eigenvalue weighted by atomic mass is 16.8. The number of aliphatic hydroxyl groups is 1. The Labute approximate surface area is 168 Å². The van der Waals surface area contributed by atoms with E-state index in [0.717, 1.165) is 19.3 Å². The van der Waals surface area contributed by atoms with Gasteiger partial charge in [0.1, 0.15) is 31.0 Å². The number of rotatable bonds is 5. The molecule has 10 heteroatoms. The van der Waals surface area contributed by atoms with Gasteiger partial charge in [-0.05, 0) is 12.8 Å². The molecule has 3 fully saturated rings. The van der Waals surface area contributed by atoms with Gasteiger partial charge >= 0.3 is 17.9 Å². The molecule has 6 atom stereocenters. The second-order valence-electron chi connectivity index (χ2n) is 7.66. The molecule has 1 aliphatic carbocycles. The van der Waals surface area contributed by atoms with Crippen LogP contribution in [-0.2, 0) is 42.8 Å². The van der Waals surface area contributed by atoms with Crippen molar-refractivity contribution < 1.29 is 47.9 Å². The van der Waals surface area contributed by atoms with Gasteiger partial charge in [-0.25, -0.2) is 0 Å². The Balaban J connectivity index is 1.88. The van der Waals surface area contributed by atoms with Gasteiger partial charge in [0.15, 0.2) is 11.9 Å². The summed E-state index contributed by atoms with van der Waals surface area (Å²) in [4.78, 5) is 34.4. The summed E-state index contributed by atoms with van der Waals surface area (Å²) in [5, 5.41) is 10.6. The largest absolute Gasteiger partial charge is 0.463 e. The standard InChI is InChI=1S/C19H28O10/c1-10(20)24-9-13(23)14-15-16(29-19(28-15)7-5-4-6-8-19)17(25-11(2)21)18(27-14)26-12(3)22/h13-18,23H,4-9H2,1-3H3/t13-,14+,15?,16?,17?,18-/m1/s1. The maximum Gasteiger partial charge on any atom is 0.305 e. The van der Waals surface area contributed by atoms with Gasteiger partial charge in [0.05, 0.1) is 0 Å². The molecule has 164 valence electrons. The van der Waals surface area contributed by atoms with E-state index < -0.39 is 60.5 Å². The second-order valence-corrected chi connectivity index (χ2v) is 7.66. The van der Waals surface area contributed by atoms with Crippen molar-refractivity contribution >= 4 is 17.9 Å². The minimum absolute atomic E-state index is 0.329. The summed E-state index contributed by atoms with van der Waals surface area (Å²) >= 11 is 0. The Morgan fingerprint density at radius 3 is 2.17 bits per heavy atom. The number of esters is 3. The zero-order valence-corrected chi connectivity index (χ0v) is 16.8. The summed E-state index contributed by atoms with van der Waals surface area (Å²) < 4.78 is 33.7. The first-order chi connectivity index (χ1) is 13.7. The molecular weight excluding hydrogens is 388 g/mol. The minimum atomic E-state index is -1.29. The highest BCUT2D eigenvalue weighted by Gasteiger charge is 2.61. The molecule has 0 aromatic carbocycles. The van der Waals surface area contributed by atoms with Crippen LogP contribution >= 0.6 is 0 Å². The van der Waals surface area contributed by atoms with Crippen LogP contribution in [0, 0.1) is 0 Å². The number of hydrogen-bond donors (Lipinski definition) is 1.